The second-order valence-electron chi connectivity index (χ2n) is 5.81. The first-order valence-electron chi connectivity index (χ1n) is 7.86. The summed E-state index contributed by atoms with van der Waals surface area (Å²) < 4.78 is 19.0. The van der Waals surface area contributed by atoms with Gasteiger partial charge in [0.25, 0.3) is 5.91 Å². The third kappa shape index (κ3) is 4.25. The summed E-state index contributed by atoms with van der Waals surface area (Å²) in [4.78, 5) is 13.0. The van der Waals surface area contributed by atoms with Crippen molar-refractivity contribution in [1.82, 2.24) is 0 Å². The third-order valence-electron chi connectivity index (χ3n) is 3.74. The molecular formula is C20H18FNO2S. The van der Waals surface area contributed by atoms with Crippen LogP contribution in [-0.2, 0) is 6.61 Å². The molecule has 3 nitrogen and oxygen atoms in total. The fraction of sp³-hybridized carbons (Fsp3) is 0.150. The number of thiophene rings is 1. The number of anilines is 1. The normalized spacial score (nSPS) is 10.5. The number of ether oxygens (including phenoxy) is 1. The van der Waals surface area contributed by atoms with Crippen LogP contribution in [0.4, 0.5) is 10.1 Å². The highest BCUT2D eigenvalue weighted by Gasteiger charge is 2.11. The zero-order chi connectivity index (χ0) is 17.8. The minimum Gasteiger partial charge on any atom is -0.486 e. The largest absolute Gasteiger partial charge is 0.486 e. The van der Waals surface area contributed by atoms with Gasteiger partial charge in [0.1, 0.15) is 6.61 Å². The lowest BCUT2D eigenvalue weighted by atomic mass is 10.1. The minimum absolute atomic E-state index is 0.158. The van der Waals surface area contributed by atoms with Gasteiger partial charge in [-0.2, -0.15) is 0 Å². The Morgan fingerprint density at radius 3 is 2.72 bits per heavy atom. The SMILES string of the molecule is Cc1ccc(NC(=O)c2cc(COc3ccccc3F)cs2)c(C)c1. The average Bonchev–Trinajstić information content (AvgIpc) is 3.06. The van der Waals surface area contributed by atoms with E-state index in [4.69, 9.17) is 4.74 Å². The summed E-state index contributed by atoms with van der Waals surface area (Å²) in [7, 11) is 0. The van der Waals surface area contributed by atoms with Crippen LogP contribution in [0.5, 0.6) is 5.75 Å². The van der Waals surface area contributed by atoms with Gasteiger partial charge in [-0.1, -0.05) is 29.8 Å². The number of nitrogens with one attached hydrogen (secondary N) is 1. The van der Waals surface area contributed by atoms with E-state index >= 15 is 0 Å². The van der Waals surface area contributed by atoms with Gasteiger partial charge in [0.15, 0.2) is 11.6 Å². The van der Waals surface area contributed by atoms with E-state index in [1.54, 1.807) is 24.3 Å². The summed E-state index contributed by atoms with van der Waals surface area (Å²) >= 11 is 1.34. The maximum absolute atomic E-state index is 13.5. The van der Waals surface area contributed by atoms with Crippen LogP contribution in [0.3, 0.4) is 0 Å². The molecule has 2 aromatic carbocycles. The fourth-order valence-electron chi connectivity index (χ4n) is 2.43. The van der Waals surface area contributed by atoms with Gasteiger partial charge in [0, 0.05) is 11.3 Å². The molecule has 1 amide bonds. The molecule has 0 fully saturated rings. The summed E-state index contributed by atoms with van der Waals surface area (Å²) in [5, 5.41) is 4.77. The molecule has 0 bridgehead atoms. The standard InChI is InChI=1S/C20H18FNO2S/c1-13-7-8-17(14(2)9-13)22-20(23)19-10-15(12-25-19)11-24-18-6-4-3-5-16(18)21/h3-10,12H,11H2,1-2H3,(H,22,23). The monoisotopic (exact) mass is 355 g/mol. The van der Waals surface area contributed by atoms with Gasteiger partial charge in [-0.3, -0.25) is 4.79 Å². The topological polar surface area (TPSA) is 38.3 Å². The second kappa shape index (κ2) is 7.49. The minimum atomic E-state index is -0.398. The van der Waals surface area contributed by atoms with Crippen molar-refractivity contribution in [3.8, 4) is 5.75 Å². The van der Waals surface area contributed by atoms with Crippen LogP contribution in [0, 0.1) is 19.7 Å². The van der Waals surface area contributed by atoms with Crippen molar-refractivity contribution < 1.29 is 13.9 Å². The number of carbonyl (C=O) groups is 1. The molecular weight excluding hydrogens is 337 g/mol. The fourth-order valence-corrected chi connectivity index (χ4v) is 3.22. The van der Waals surface area contributed by atoms with E-state index in [0.717, 1.165) is 22.4 Å². The first-order valence-corrected chi connectivity index (χ1v) is 8.74. The van der Waals surface area contributed by atoms with E-state index in [1.165, 1.54) is 17.4 Å². The first-order chi connectivity index (χ1) is 12.0. The number of aryl methyl sites for hydroxylation is 2. The number of carbonyl (C=O) groups excluding carboxylic acids is 1. The summed E-state index contributed by atoms with van der Waals surface area (Å²) in [6.45, 7) is 4.19. The number of benzene rings is 2. The molecule has 0 atom stereocenters. The Kier molecular flexibility index (Phi) is 5.14. The van der Waals surface area contributed by atoms with Crippen molar-refractivity contribution in [2.75, 3.05) is 5.32 Å². The van der Waals surface area contributed by atoms with Crippen LogP contribution < -0.4 is 10.1 Å². The Bertz CT molecular complexity index is 904. The molecule has 0 spiro atoms. The van der Waals surface area contributed by atoms with Crippen molar-refractivity contribution in [3.05, 3.63) is 81.3 Å². The lowest BCUT2D eigenvalue weighted by molar-refractivity contribution is 0.103. The Morgan fingerprint density at radius 1 is 1.16 bits per heavy atom. The molecule has 0 aliphatic heterocycles. The van der Waals surface area contributed by atoms with Crippen molar-refractivity contribution in [2.24, 2.45) is 0 Å². The zero-order valence-electron chi connectivity index (χ0n) is 14.0. The molecule has 0 aliphatic rings. The first kappa shape index (κ1) is 17.2. The van der Waals surface area contributed by atoms with E-state index in [2.05, 4.69) is 5.32 Å². The summed E-state index contributed by atoms with van der Waals surface area (Å²) in [6, 6.07) is 13.9. The van der Waals surface area contributed by atoms with Crippen LogP contribution >= 0.6 is 11.3 Å². The molecule has 0 aliphatic carbocycles. The summed E-state index contributed by atoms with van der Waals surface area (Å²) in [5.74, 6) is -0.352. The Labute approximate surface area is 150 Å². The van der Waals surface area contributed by atoms with Gasteiger partial charge in [-0.25, -0.2) is 4.39 Å². The molecule has 3 aromatic rings. The number of rotatable bonds is 5. The summed E-state index contributed by atoms with van der Waals surface area (Å²) in [6.07, 6.45) is 0. The molecule has 5 heteroatoms. The summed E-state index contributed by atoms with van der Waals surface area (Å²) in [5.41, 5.74) is 3.81. The predicted octanol–water partition coefficient (Wildman–Crippen LogP) is 5.34. The molecule has 1 aromatic heterocycles. The van der Waals surface area contributed by atoms with Gasteiger partial charge < -0.3 is 10.1 Å². The molecule has 25 heavy (non-hydrogen) atoms. The Hall–Kier alpha value is -2.66. The van der Waals surface area contributed by atoms with Gasteiger partial charge in [0.2, 0.25) is 0 Å². The lowest BCUT2D eigenvalue weighted by Gasteiger charge is -2.08. The second-order valence-corrected chi connectivity index (χ2v) is 6.72. The molecule has 128 valence electrons. The van der Waals surface area contributed by atoms with Gasteiger partial charge in [-0.05, 0) is 49.1 Å². The smallest absolute Gasteiger partial charge is 0.265 e. The van der Waals surface area contributed by atoms with Crippen LogP contribution in [-0.4, -0.2) is 5.91 Å². The molecule has 0 unspecified atom stereocenters. The molecule has 0 saturated heterocycles. The van der Waals surface area contributed by atoms with Crippen molar-refractivity contribution in [2.45, 2.75) is 20.5 Å². The van der Waals surface area contributed by atoms with Crippen LogP contribution in [0.1, 0.15) is 26.4 Å². The number of amides is 1. The predicted molar refractivity (Wildman–Crippen MR) is 98.9 cm³/mol. The highest BCUT2D eigenvalue weighted by Crippen LogP contribution is 2.22. The van der Waals surface area contributed by atoms with Crippen LogP contribution in [0.25, 0.3) is 0 Å². The van der Waals surface area contributed by atoms with E-state index in [1.807, 2.05) is 37.4 Å². The van der Waals surface area contributed by atoms with Crippen molar-refractivity contribution >= 4 is 22.9 Å². The quantitative estimate of drug-likeness (QED) is 0.671. The highest BCUT2D eigenvalue weighted by atomic mass is 32.1. The van der Waals surface area contributed by atoms with Gasteiger partial charge in [-0.15, -0.1) is 11.3 Å². The van der Waals surface area contributed by atoms with Gasteiger partial charge >= 0.3 is 0 Å². The Morgan fingerprint density at radius 2 is 1.96 bits per heavy atom. The maximum Gasteiger partial charge on any atom is 0.265 e. The van der Waals surface area contributed by atoms with Crippen molar-refractivity contribution in [3.63, 3.8) is 0 Å². The Balaban J connectivity index is 1.64. The molecule has 1 N–H and O–H groups in total. The van der Waals surface area contributed by atoms with Gasteiger partial charge in [0.05, 0.1) is 4.88 Å². The third-order valence-corrected chi connectivity index (χ3v) is 4.72. The lowest BCUT2D eigenvalue weighted by Crippen LogP contribution is -2.11. The highest BCUT2D eigenvalue weighted by molar-refractivity contribution is 7.12. The maximum atomic E-state index is 13.5. The number of halogens is 1. The van der Waals surface area contributed by atoms with E-state index < -0.39 is 5.82 Å². The van der Waals surface area contributed by atoms with Crippen LogP contribution in [0.2, 0.25) is 0 Å². The molecule has 1 heterocycles. The van der Waals surface area contributed by atoms with Crippen molar-refractivity contribution in [1.29, 1.82) is 0 Å². The average molecular weight is 355 g/mol. The number of hydrogen-bond donors (Lipinski definition) is 1. The molecule has 0 radical (unpaired) electrons. The van der Waals surface area contributed by atoms with E-state index in [-0.39, 0.29) is 18.3 Å². The van der Waals surface area contributed by atoms with E-state index in [0.29, 0.717) is 4.88 Å². The van der Waals surface area contributed by atoms with E-state index in [9.17, 15) is 9.18 Å². The zero-order valence-corrected chi connectivity index (χ0v) is 14.8. The number of para-hydroxylation sites is 1. The molecule has 0 saturated carbocycles. The number of hydrogen-bond acceptors (Lipinski definition) is 3. The molecule has 3 rings (SSSR count). The van der Waals surface area contributed by atoms with Crippen LogP contribution in [0.15, 0.2) is 53.9 Å².